The lowest BCUT2D eigenvalue weighted by atomic mass is 10.0. The minimum absolute atomic E-state index is 0.110. The third kappa shape index (κ3) is 4.86. The maximum Gasteiger partial charge on any atom is 0.273 e. The predicted molar refractivity (Wildman–Crippen MR) is 129 cm³/mol. The van der Waals surface area contributed by atoms with Gasteiger partial charge in [-0.1, -0.05) is 67.6 Å². The van der Waals surface area contributed by atoms with Gasteiger partial charge in [0.2, 0.25) is 5.91 Å². The van der Waals surface area contributed by atoms with Crippen LogP contribution in [0.5, 0.6) is 0 Å². The van der Waals surface area contributed by atoms with Crippen molar-refractivity contribution in [3.63, 3.8) is 0 Å². The van der Waals surface area contributed by atoms with Crippen LogP contribution in [-0.4, -0.2) is 27.5 Å². The molecule has 2 heterocycles. The lowest BCUT2D eigenvalue weighted by Gasteiger charge is -2.15. The highest BCUT2D eigenvalue weighted by Gasteiger charge is 2.15. The molecule has 0 bridgehead atoms. The number of hydrogen-bond acceptors (Lipinski definition) is 6. The molecule has 1 N–H and O–H groups in total. The molecule has 0 saturated carbocycles. The Balaban J connectivity index is 1.50. The van der Waals surface area contributed by atoms with E-state index in [1.54, 1.807) is 0 Å². The first-order chi connectivity index (χ1) is 15.4. The Morgan fingerprint density at radius 1 is 1.16 bits per heavy atom. The van der Waals surface area contributed by atoms with E-state index in [2.05, 4.69) is 29.1 Å². The summed E-state index contributed by atoms with van der Waals surface area (Å²) in [6, 6.07) is 17.8. The molecule has 0 aliphatic rings. The van der Waals surface area contributed by atoms with Gasteiger partial charge in [-0.3, -0.25) is 14.2 Å². The van der Waals surface area contributed by atoms with Crippen LogP contribution in [0.2, 0.25) is 0 Å². The number of nitrogens with one attached hydrogen (secondary N) is 1. The number of rotatable bonds is 7. The minimum Gasteiger partial charge on any atom is -0.347 e. The number of benzene rings is 2. The molecular weight excluding hydrogens is 422 g/mol. The zero-order valence-corrected chi connectivity index (χ0v) is 19.1. The summed E-state index contributed by atoms with van der Waals surface area (Å²) < 4.78 is 1.76. The van der Waals surface area contributed by atoms with Crippen molar-refractivity contribution in [3.05, 3.63) is 82.4 Å². The molecule has 0 atom stereocenters. The number of aromatic nitrogens is 3. The Hall–Kier alpha value is -3.52. The first-order valence-electron chi connectivity index (χ1n) is 10.4. The second-order valence-corrected chi connectivity index (χ2v) is 8.97. The fourth-order valence-corrected chi connectivity index (χ4v) is 4.30. The molecule has 0 aliphatic heterocycles. The first-order valence-corrected chi connectivity index (χ1v) is 11.2. The average Bonchev–Trinajstić information content (AvgIpc) is 3.22. The van der Waals surface area contributed by atoms with Crippen LogP contribution < -0.4 is 15.8 Å². The van der Waals surface area contributed by atoms with Gasteiger partial charge in [0.1, 0.15) is 17.6 Å². The molecule has 0 fully saturated rings. The van der Waals surface area contributed by atoms with Gasteiger partial charge in [-0.15, -0.1) is 0 Å². The van der Waals surface area contributed by atoms with Crippen LogP contribution in [0.3, 0.4) is 0 Å². The summed E-state index contributed by atoms with van der Waals surface area (Å²) in [5, 5.41) is 3.57. The van der Waals surface area contributed by atoms with Gasteiger partial charge in [0.15, 0.2) is 10.8 Å². The van der Waals surface area contributed by atoms with Crippen LogP contribution in [0.4, 0.5) is 10.8 Å². The predicted octanol–water partition coefficient (Wildman–Crippen LogP) is 4.25. The molecule has 0 aliphatic carbocycles. The van der Waals surface area contributed by atoms with Crippen molar-refractivity contribution in [1.29, 1.82) is 0 Å². The number of nitrogens with zero attached hydrogens (tertiary/aromatic N) is 4. The molecule has 8 heteroatoms. The minimum atomic E-state index is -0.278. The SMILES string of the molecule is CC(C)c1cccc(NC(=O)Cn2cnc3nc(N(C)Cc4ccccc4)sc3c2=O)c1. The Morgan fingerprint density at radius 2 is 1.94 bits per heavy atom. The maximum atomic E-state index is 12.9. The Morgan fingerprint density at radius 3 is 2.69 bits per heavy atom. The normalized spacial score (nSPS) is 11.1. The van der Waals surface area contributed by atoms with Gasteiger partial charge in [-0.05, 0) is 29.2 Å². The molecule has 2 aromatic heterocycles. The zero-order valence-electron chi connectivity index (χ0n) is 18.3. The smallest absolute Gasteiger partial charge is 0.273 e. The molecular formula is C24H25N5O2S. The molecule has 4 aromatic rings. The van der Waals surface area contributed by atoms with Crippen molar-refractivity contribution in [3.8, 4) is 0 Å². The lowest BCUT2D eigenvalue weighted by Crippen LogP contribution is -2.27. The van der Waals surface area contributed by atoms with Crippen molar-refractivity contribution in [2.45, 2.75) is 32.9 Å². The van der Waals surface area contributed by atoms with E-state index in [4.69, 9.17) is 0 Å². The number of hydrogen-bond donors (Lipinski definition) is 1. The molecule has 164 valence electrons. The van der Waals surface area contributed by atoms with Crippen molar-refractivity contribution in [2.24, 2.45) is 0 Å². The van der Waals surface area contributed by atoms with E-state index in [-0.39, 0.29) is 18.0 Å². The van der Waals surface area contributed by atoms with Crippen LogP contribution in [-0.2, 0) is 17.9 Å². The van der Waals surface area contributed by atoms with Crippen molar-refractivity contribution in [1.82, 2.24) is 14.5 Å². The number of carbonyl (C=O) groups is 1. The van der Waals surface area contributed by atoms with Crippen molar-refractivity contribution >= 4 is 38.4 Å². The fraction of sp³-hybridized carbons (Fsp3) is 0.250. The van der Waals surface area contributed by atoms with Crippen LogP contribution in [0.15, 0.2) is 65.7 Å². The lowest BCUT2D eigenvalue weighted by molar-refractivity contribution is -0.116. The van der Waals surface area contributed by atoms with E-state index in [9.17, 15) is 9.59 Å². The summed E-state index contributed by atoms with van der Waals surface area (Å²) in [7, 11) is 1.93. The summed E-state index contributed by atoms with van der Waals surface area (Å²) >= 11 is 1.29. The van der Waals surface area contributed by atoms with Gasteiger partial charge >= 0.3 is 0 Å². The molecule has 2 aromatic carbocycles. The highest BCUT2D eigenvalue weighted by Crippen LogP contribution is 2.25. The van der Waals surface area contributed by atoms with E-state index in [1.807, 2.05) is 66.5 Å². The number of anilines is 2. The van der Waals surface area contributed by atoms with Gasteiger partial charge in [0.05, 0.1) is 0 Å². The highest BCUT2D eigenvalue weighted by atomic mass is 32.1. The second kappa shape index (κ2) is 9.32. The molecule has 0 spiro atoms. The second-order valence-electron chi connectivity index (χ2n) is 8.00. The van der Waals surface area contributed by atoms with Gasteiger partial charge in [0, 0.05) is 19.3 Å². The third-order valence-electron chi connectivity index (χ3n) is 5.11. The molecule has 0 radical (unpaired) electrons. The molecule has 32 heavy (non-hydrogen) atoms. The van der Waals surface area contributed by atoms with Crippen LogP contribution in [0.25, 0.3) is 10.3 Å². The van der Waals surface area contributed by atoms with E-state index >= 15 is 0 Å². The summed E-state index contributed by atoms with van der Waals surface area (Å²) in [5.74, 6) is 0.0849. The Labute approximate surface area is 190 Å². The van der Waals surface area contributed by atoms with Crippen LogP contribution >= 0.6 is 11.3 Å². The molecule has 7 nitrogen and oxygen atoms in total. The summed E-state index contributed by atoms with van der Waals surface area (Å²) in [6.45, 7) is 4.76. The maximum absolute atomic E-state index is 12.9. The molecule has 0 saturated heterocycles. The van der Waals surface area contributed by atoms with E-state index in [0.29, 0.717) is 33.6 Å². The first kappa shape index (κ1) is 21.7. The number of amides is 1. The van der Waals surface area contributed by atoms with Crippen LogP contribution in [0.1, 0.15) is 30.9 Å². The van der Waals surface area contributed by atoms with Gasteiger partial charge in [0.25, 0.3) is 5.56 Å². The number of thiazole rings is 1. The largest absolute Gasteiger partial charge is 0.347 e. The monoisotopic (exact) mass is 447 g/mol. The summed E-state index contributed by atoms with van der Waals surface area (Å²) in [6.07, 6.45) is 1.38. The van der Waals surface area contributed by atoms with Crippen molar-refractivity contribution in [2.75, 3.05) is 17.3 Å². The highest BCUT2D eigenvalue weighted by molar-refractivity contribution is 7.22. The van der Waals surface area contributed by atoms with E-state index < -0.39 is 0 Å². The van der Waals surface area contributed by atoms with Crippen LogP contribution in [0, 0.1) is 0 Å². The van der Waals surface area contributed by atoms with E-state index in [1.165, 1.54) is 22.2 Å². The Kier molecular flexibility index (Phi) is 6.32. The van der Waals surface area contributed by atoms with Gasteiger partial charge < -0.3 is 10.2 Å². The fourth-order valence-electron chi connectivity index (χ4n) is 3.37. The van der Waals surface area contributed by atoms with Gasteiger partial charge in [-0.2, -0.15) is 4.98 Å². The molecule has 1 amide bonds. The topological polar surface area (TPSA) is 80.1 Å². The van der Waals surface area contributed by atoms with Crippen molar-refractivity contribution < 1.29 is 4.79 Å². The standard InChI is InChI=1S/C24H25N5O2S/c1-16(2)18-10-7-11-19(12-18)26-20(30)14-29-15-25-22-21(23(29)31)32-24(27-22)28(3)13-17-8-5-4-6-9-17/h4-12,15-16H,13-14H2,1-3H3,(H,26,30). The van der Waals surface area contributed by atoms with Gasteiger partial charge in [-0.25, -0.2) is 4.98 Å². The number of fused-ring (bicyclic) bond motifs is 1. The molecule has 0 unspecified atom stereocenters. The quantitative estimate of drug-likeness (QED) is 0.458. The summed E-state index contributed by atoms with van der Waals surface area (Å²) in [5.41, 5.74) is 3.14. The summed E-state index contributed by atoms with van der Waals surface area (Å²) in [4.78, 5) is 36.3. The van der Waals surface area contributed by atoms with E-state index in [0.717, 1.165) is 11.1 Å². The third-order valence-corrected chi connectivity index (χ3v) is 6.26. The molecule has 4 rings (SSSR count). The zero-order chi connectivity index (χ0) is 22.7. The Bertz CT molecular complexity index is 1300. The average molecular weight is 448 g/mol. The number of carbonyl (C=O) groups excluding carboxylic acids is 1.